The zero-order valence-corrected chi connectivity index (χ0v) is 10.7. The van der Waals surface area contributed by atoms with Gasteiger partial charge in [0.25, 0.3) is 0 Å². The van der Waals surface area contributed by atoms with Gasteiger partial charge in [0.2, 0.25) is 11.9 Å². The van der Waals surface area contributed by atoms with E-state index in [-0.39, 0.29) is 11.9 Å². The average Bonchev–Trinajstić information content (AvgIpc) is 2.28. The van der Waals surface area contributed by atoms with E-state index in [1.807, 2.05) is 0 Å². The van der Waals surface area contributed by atoms with Gasteiger partial charge in [0, 0.05) is 12.1 Å². The molecule has 1 heterocycles. The number of anilines is 2. The summed E-state index contributed by atoms with van der Waals surface area (Å²) in [6, 6.07) is 0.891. The van der Waals surface area contributed by atoms with Gasteiger partial charge in [-0.25, -0.2) is 0 Å². The van der Waals surface area contributed by atoms with Crippen LogP contribution in [-0.2, 0) is 6.54 Å². The number of nitrogen functional groups attached to an aromatic ring is 2. The van der Waals surface area contributed by atoms with Crippen molar-refractivity contribution >= 4 is 11.9 Å². The van der Waals surface area contributed by atoms with Crippen molar-refractivity contribution in [1.82, 2.24) is 19.9 Å². The third kappa shape index (κ3) is 3.27. The smallest absolute Gasteiger partial charge is 0.225 e. The summed E-state index contributed by atoms with van der Waals surface area (Å²) in [5.41, 5.74) is 17.0. The lowest BCUT2D eigenvalue weighted by Crippen LogP contribution is -2.38. The molecule has 6 N–H and O–H groups in total. The number of nitrogens with zero attached hydrogens (tertiary/aromatic N) is 4. The zero-order valence-electron chi connectivity index (χ0n) is 10.7. The Labute approximate surface area is 107 Å². The highest BCUT2D eigenvalue weighted by Crippen LogP contribution is 2.22. The van der Waals surface area contributed by atoms with Crippen molar-refractivity contribution in [2.75, 3.05) is 18.5 Å². The van der Waals surface area contributed by atoms with Crippen LogP contribution < -0.4 is 17.2 Å². The maximum absolute atomic E-state index is 5.90. The van der Waals surface area contributed by atoms with Gasteiger partial charge >= 0.3 is 0 Å². The minimum Gasteiger partial charge on any atom is -0.368 e. The van der Waals surface area contributed by atoms with Crippen LogP contribution in [0.3, 0.4) is 0 Å². The van der Waals surface area contributed by atoms with Crippen molar-refractivity contribution in [1.29, 1.82) is 0 Å². The third-order valence-corrected chi connectivity index (χ3v) is 3.47. The van der Waals surface area contributed by atoms with E-state index in [0.717, 1.165) is 25.7 Å². The molecule has 2 rings (SSSR count). The molecule has 0 spiro atoms. The minimum absolute atomic E-state index is 0.177. The molecule has 7 nitrogen and oxygen atoms in total. The van der Waals surface area contributed by atoms with Crippen LogP contribution >= 0.6 is 0 Å². The van der Waals surface area contributed by atoms with Gasteiger partial charge in [-0.15, -0.1) is 0 Å². The Morgan fingerprint density at radius 2 is 1.61 bits per heavy atom. The first-order valence-electron chi connectivity index (χ1n) is 6.26. The van der Waals surface area contributed by atoms with Gasteiger partial charge in [-0.1, -0.05) is 0 Å². The molecule has 0 aromatic carbocycles. The lowest BCUT2D eigenvalue weighted by molar-refractivity contribution is 0.173. The minimum atomic E-state index is 0.177. The number of hydrogen-bond donors (Lipinski definition) is 3. The summed E-state index contributed by atoms with van der Waals surface area (Å²) in [6.45, 7) is 0.636. The highest BCUT2D eigenvalue weighted by molar-refractivity contribution is 5.25. The summed E-state index contributed by atoms with van der Waals surface area (Å²) in [5, 5.41) is 0. The monoisotopic (exact) mass is 251 g/mol. The molecule has 0 aliphatic heterocycles. The molecule has 0 atom stereocenters. The van der Waals surface area contributed by atoms with Crippen molar-refractivity contribution < 1.29 is 0 Å². The van der Waals surface area contributed by atoms with Crippen LogP contribution in [0.15, 0.2) is 0 Å². The molecule has 1 aliphatic rings. The van der Waals surface area contributed by atoms with E-state index < -0.39 is 0 Å². The molecule has 100 valence electrons. The van der Waals surface area contributed by atoms with E-state index in [1.54, 1.807) is 0 Å². The SMILES string of the molecule is CN(Cc1nc(N)nc(N)n1)C1CCC(N)CC1. The van der Waals surface area contributed by atoms with Crippen LogP contribution in [0.5, 0.6) is 0 Å². The summed E-state index contributed by atoms with van der Waals surface area (Å²) < 4.78 is 0. The van der Waals surface area contributed by atoms with Gasteiger partial charge in [0.05, 0.1) is 6.54 Å². The number of nitrogens with two attached hydrogens (primary N) is 3. The fourth-order valence-corrected chi connectivity index (χ4v) is 2.42. The van der Waals surface area contributed by atoms with Crippen LogP contribution in [0.1, 0.15) is 31.5 Å². The highest BCUT2D eigenvalue weighted by atomic mass is 15.2. The van der Waals surface area contributed by atoms with E-state index in [2.05, 4.69) is 26.9 Å². The summed E-state index contributed by atoms with van der Waals surface area (Å²) in [5.74, 6) is 0.977. The number of hydrogen-bond acceptors (Lipinski definition) is 7. The Bertz CT molecular complexity index is 380. The molecule has 1 aromatic rings. The second kappa shape index (κ2) is 5.45. The zero-order chi connectivity index (χ0) is 13.1. The first-order valence-corrected chi connectivity index (χ1v) is 6.26. The van der Waals surface area contributed by atoms with E-state index in [9.17, 15) is 0 Å². The predicted octanol–water partition coefficient (Wildman–Crippen LogP) is -0.262. The van der Waals surface area contributed by atoms with Gasteiger partial charge in [-0.3, -0.25) is 4.90 Å². The summed E-state index contributed by atoms with van der Waals surface area (Å²) in [7, 11) is 2.07. The molecule has 0 amide bonds. The summed E-state index contributed by atoms with van der Waals surface area (Å²) in [4.78, 5) is 14.2. The molecular weight excluding hydrogens is 230 g/mol. The van der Waals surface area contributed by atoms with Crippen LogP contribution in [0.25, 0.3) is 0 Å². The quantitative estimate of drug-likeness (QED) is 0.676. The van der Waals surface area contributed by atoms with Crippen molar-refractivity contribution in [3.8, 4) is 0 Å². The van der Waals surface area contributed by atoms with Crippen molar-refractivity contribution in [2.24, 2.45) is 5.73 Å². The standard InChI is InChI=1S/C11H21N7/c1-18(8-4-2-7(12)3-5-8)6-9-15-10(13)17-11(14)16-9/h7-8H,2-6,12H2,1H3,(H4,13,14,15,16,17). The molecule has 0 bridgehead atoms. The summed E-state index contributed by atoms with van der Waals surface area (Å²) in [6.07, 6.45) is 4.40. The maximum atomic E-state index is 5.90. The van der Waals surface area contributed by atoms with E-state index in [1.165, 1.54) is 0 Å². The maximum Gasteiger partial charge on any atom is 0.225 e. The largest absolute Gasteiger partial charge is 0.368 e. The molecule has 0 radical (unpaired) electrons. The fourth-order valence-electron chi connectivity index (χ4n) is 2.42. The van der Waals surface area contributed by atoms with Gasteiger partial charge in [-0.2, -0.15) is 15.0 Å². The predicted molar refractivity (Wildman–Crippen MR) is 70.4 cm³/mol. The lowest BCUT2D eigenvalue weighted by Gasteiger charge is -2.33. The third-order valence-electron chi connectivity index (χ3n) is 3.47. The topological polar surface area (TPSA) is 120 Å². The van der Waals surface area contributed by atoms with Gasteiger partial charge in [-0.05, 0) is 32.7 Å². The van der Waals surface area contributed by atoms with Crippen LogP contribution in [0.2, 0.25) is 0 Å². The van der Waals surface area contributed by atoms with Crippen LogP contribution in [0, 0.1) is 0 Å². The Kier molecular flexibility index (Phi) is 3.93. The molecule has 1 fully saturated rings. The number of aromatic nitrogens is 3. The lowest BCUT2D eigenvalue weighted by atomic mass is 9.91. The first-order chi connectivity index (χ1) is 8.54. The Balaban J connectivity index is 1.96. The van der Waals surface area contributed by atoms with Gasteiger partial charge in [0.1, 0.15) is 5.82 Å². The molecule has 7 heteroatoms. The number of rotatable bonds is 3. The van der Waals surface area contributed by atoms with Crippen LogP contribution in [0.4, 0.5) is 11.9 Å². The van der Waals surface area contributed by atoms with Gasteiger partial charge < -0.3 is 17.2 Å². The molecule has 0 unspecified atom stereocenters. The highest BCUT2D eigenvalue weighted by Gasteiger charge is 2.22. The first kappa shape index (κ1) is 13.0. The van der Waals surface area contributed by atoms with Crippen LogP contribution in [-0.4, -0.2) is 39.0 Å². The second-order valence-corrected chi connectivity index (χ2v) is 4.95. The molecule has 1 aliphatic carbocycles. The Morgan fingerprint density at radius 1 is 1.06 bits per heavy atom. The van der Waals surface area contributed by atoms with E-state index in [4.69, 9.17) is 17.2 Å². The normalized spacial score (nSPS) is 24.4. The summed E-state index contributed by atoms with van der Waals surface area (Å²) >= 11 is 0. The second-order valence-electron chi connectivity index (χ2n) is 4.95. The molecule has 0 saturated heterocycles. The van der Waals surface area contributed by atoms with Crippen molar-refractivity contribution in [3.63, 3.8) is 0 Å². The average molecular weight is 251 g/mol. The molecule has 18 heavy (non-hydrogen) atoms. The fraction of sp³-hybridized carbons (Fsp3) is 0.727. The van der Waals surface area contributed by atoms with E-state index >= 15 is 0 Å². The Hall–Kier alpha value is -1.47. The van der Waals surface area contributed by atoms with Gasteiger partial charge in [0.15, 0.2) is 0 Å². The Morgan fingerprint density at radius 3 is 2.17 bits per heavy atom. The molecule has 1 saturated carbocycles. The molecule has 1 aromatic heterocycles. The van der Waals surface area contributed by atoms with E-state index in [0.29, 0.717) is 24.5 Å². The van der Waals surface area contributed by atoms with Crippen molar-refractivity contribution in [3.05, 3.63) is 5.82 Å². The van der Waals surface area contributed by atoms with Crippen molar-refractivity contribution in [2.45, 2.75) is 44.3 Å². The molecular formula is C11H21N7.